The van der Waals surface area contributed by atoms with Crippen molar-refractivity contribution in [2.75, 3.05) is 6.54 Å². The Labute approximate surface area is 138 Å². The number of fused-ring (bicyclic) bond motifs is 1. The number of H-pyrrole nitrogens is 1. The van der Waals surface area contributed by atoms with Gasteiger partial charge in [-0.15, -0.1) is 0 Å². The Morgan fingerprint density at radius 1 is 1.00 bits per heavy atom. The number of aromatic nitrogens is 2. The minimum atomic E-state index is 0.391. The van der Waals surface area contributed by atoms with Crippen LogP contribution >= 0.6 is 0 Å². The van der Waals surface area contributed by atoms with Crippen molar-refractivity contribution in [2.24, 2.45) is 5.41 Å². The normalized spacial score (nSPS) is 12.0. The van der Waals surface area contributed by atoms with Crippen LogP contribution in [-0.2, 0) is 6.54 Å². The van der Waals surface area contributed by atoms with E-state index in [0.29, 0.717) is 5.41 Å². The van der Waals surface area contributed by atoms with E-state index in [1.165, 1.54) is 23.1 Å². The monoisotopic (exact) mass is 307 g/mol. The average Bonchev–Trinajstić information content (AvgIpc) is 2.99. The zero-order valence-electron chi connectivity index (χ0n) is 14.2. The second kappa shape index (κ2) is 6.55. The average molecular weight is 307 g/mol. The molecule has 0 unspecified atom stereocenters. The van der Waals surface area contributed by atoms with Gasteiger partial charge >= 0.3 is 0 Å². The predicted molar refractivity (Wildman–Crippen MR) is 97.3 cm³/mol. The number of nitrogens with zero attached hydrogens (tertiary/aromatic N) is 1. The zero-order valence-corrected chi connectivity index (χ0v) is 14.2. The van der Waals surface area contributed by atoms with Crippen LogP contribution in [0.3, 0.4) is 0 Å². The fourth-order valence-electron chi connectivity index (χ4n) is 2.63. The molecule has 0 aliphatic heterocycles. The molecule has 0 aliphatic carbocycles. The summed E-state index contributed by atoms with van der Waals surface area (Å²) in [6, 6.07) is 15.1. The van der Waals surface area contributed by atoms with Crippen LogP contribution in [-0.4, -0.2) is 16.5 Å². The van der Waals surface area contributed by atoms with Gasteiger partial charge in [-0.1, -0.05) is 51.1 Å². The van der Waals surface area contributed by atoms with Crippen LogP contribution in [0.2, 0.25) is 0 Å². The van der Waals surface area contributed by atoms with Crippen molar-refractivity contribution in [1.29, 1.82) is 0 Å². The first-order chi connectivity index (χ1) is 11.0. The van der Waals surface area contributed by atoms with Gasteiger partial charge in [0, 0.05) is 6.54 Å². The van der Waals surface area contributed by atoms with Crippen LogP contribution in [0.15, 0.2) is 48.8 Å². The maximum absolute atomic E-state index is 4.26. The first-order valence-electron chi connectivity index (χ1n) is 8.24. The fraction of sp³-hybridized carbons (Fsp3) is 0.350. The third-order valence-electron chi connectivity index (χ3n) is 4.09. The Bertz CT molecular complexity index is 763. The minimum Gasteiger partial charge on any atom is -0.345 e. The molecule has 2 N–H and O–H groups in total. The van der Waals surface area contributed by atoms with Crippen molar-refractivity contribution in [3.8, 4) is 11.1 Å². The number of rotatable bonds is 5. The van der Waals surface area contributed by atoms with Crippen LogP contribution in [0.5, 0.6) is 0 Å². The van der Waals surface area contributed by atoms with E-state index in [2.05, 4.69) is 78.5 Å². The molecule has 0 saturated carbocycles. The Morgan fingerprint density at radius 2 is 1.74 bits per heavy atom. The first-order valence-corrected chi connectivity index (χ1v) is 8.24. The van der Waals surface area contributed by atoms with E-state index in [9.17, 15) is 0 Å². The summed E-state index contributed by atoms with van der Waals surface area (Å²) in [5, 5.41) is 3.52. The maximum Gasteiger partial charge on any atom is 0.0931 e. The maximum atomic E-state index is 4.26. The highest BCUT2D eigenvalue weighted by Crippen LogP contribution is 2.23. The standard InChI is InChI=1S/C20H25N3/c1-20(2,3)10-11-21-13-15-4-6-16(7-5-15)17-8-9-18-19(12-17)23-14-22-18/h4-9,12,14,21H,10-11,13H2,1-3H3,(H,22,23). The van der Waals surface area contributed by atoms with Crippen LogP contribution in [0.25, 0.3) is 22.2 Å². The van der Waals surface area contributed by atoms with Crippen LogP contribution < -0.4 is 5.32 Å². The smallest absolute Gasteiger partial charge is 0.0931 e. The highest BCUT2D eigenvalue weighted by molar-refractivity contribution is 5.81. The van der Waals surface area contributed by atoms with Gasteiger partial charge in [0.25, 0.3) is 0 Å². The van der Waals surface area contributed by atoms with E-state index < -0.39 is 0 Å². The molecule has 3 nitrogen and oxygen atoms in total. The number of aromatic amines is 1. The number of benzene rings is 2. The first kappa shape index (κ1) is 15.8. The molecule has 0 fully saturated rings. The van der Waals surface area contributed by atoms with Gasteiger partial charge in [0.2, 0.25) is 0 Å². The fourth-order valence-corrected chi connectivity index (χ4v) is 2.63. The zero-order chi connectivity index (χ0) is 16.3. The van der Waals surface area contributed by atoms with Crippen molar-refractivity contribution >= 4 is 11.0 Å². The molecule has 0 atom stereocenters. The summed E-state index contributed by atoms with van der Waals surface area (Å²) in [4.78, 5) is 7.43. The summed E-state index contributed by atoms with van der Waals surface area (Å²) in [7, 11) is 0. The third kappa shape index (κ3) is 4.20. The summed E-state index contributed by atoms with van der Waals surface area (Å²) in [6.07, 6.45) is 2.93. The lowest BCUT2D eigenvalue weighted by atomic mass is 9.92. The molecule has 0 amide bonds. The molecule has 0 bridgehead atoms. The van der Waals surface area contributed by atoms with Gasteiger partial charge in [-0.25, -0.2) is 4.98 Å². The topological polar surface area (TPSA) is 40.7 Å². The lowest BCUT2D eigenvalue weighted by molar-refractivity contribution is 0.366. The van der Waals surface area contributed by atoms with E-state index in [0.717, 1.165) is 24.1 Å². The second-order valence-electron chi connectivity index (χ2n) is 7.32. The lowest BCUT2D eigenvalue weighted by Gasteiger charge is -2.18. The Balaban J connectivity index is 1.62. The Morgan fingerprint density at radius 3 is 2.48 bits per heavy atom. The van der Waals surface area contributed by atoms with Gasteiger partial charge in [0.1, 0.15) is 0 Å². The summed E-state index contributed by atoms with van der Waals surface area (Å²) < 4.78 is 0. The molecular weight excluding hydrogens is 282 g/mol. The molecule has 0 aliphatic rings. The summed E-state index contributed by atoms with van der Waals surface area (Å²) in [5.41, 5.74) is 6.25. The largest absolute Gasteiger partial charge is 0.345 e. The highest BCUT2D eigenvalue weighted by atomic mass is 14.9. The Hall–Kier alpha value is -2.13. The van der Waals surface area contributed by atoms with Crippen molar-refractivity contribution in [2.45, 2.75) is 33.7 Å². The molecule has 1 heterocycles. The molecule has 3 heteroatoms. The molecule has 3 rings (SSSR count). The van der Waals surface area contributed by atoms with Crippen molar-refractivity contribution in [1.82, 2.24) is 15.3 Å². The predicted octanol–water partition coefficient (Wildman–Crippen LogP) is 4.76. The summed E-state index contributed by atoms with van der Waals surface area (Å²) in [5.74, 6) is 0. The van der Waals surface area contributed by atoms with Crippen molar-refractivity contribution in [3.05, 3.63) is 54.4 Å². The van der Waals surface area contributed by atoms with Gasteiger partial charge in [-0.2, -0.15) is 0 Å². The van der Waals surface area contributed by atoms with Gasteiger partial charge in [-0.3, -0.25) is 0 Å². The molecule has 3 aromatic rings. The molecule has 23 heavy (non-hydrogen) atoms. The molecule has 120 valence electrons. The number of nitrogens with one attached hydrogen (secondary N) is 2. The van der Waals surface area contributed by atoms with Crippen LogP contribution in [0, 0.1) is 5.41 Å². The molecule has 0 radical (unpaired) electrons. The third-order valence-corrected chi connectivity index (χ3v) is 4.09. The minimum absolute atomic E-state index is 0.391. The van der Waals surface area contributed by atoms with E-state index in [1.807, 2.05) is 0 Å². The molecule has 0 saturated heterocycles. The molecule has 0 spiro atoms. The number of hydrogen-bond acceptors (Lipinski definition) is 2. The summed E-state index contributed by atoms with van der Waals surface area (Å²) in [6.45, 7) is 8.82. The van der Waals surface area contributed by atoms with Crippen molar-refractivity contribution < 1.29 is 0 Å². The number of hydrogen-bond donors (Lipinski definition) is 2. The van der Waals surface area contributed by atoms with Gasteiger partial charge < -0.3 is 10.3 Å². The van der Waals surface area contributed by atoms with E-state index in [4.69, 9.17) is 0 Å². The van der Waals surface area contributed by atoms with Crippen molar-refractivity contribution in [3.63, 3.8) is 0 Å². The quantitative estimate of drug-likeness (QED) is 0.667. The summed E-state index contributed by atoms with van der Waals surface area (Å²) >= 11 is 0. The Kier molecular flexibility index (Phi) is 4.49. The van der Waals surface area contributed by atoms with Gasteiger partial charge in [0.05, 0.1) is 17.4 Å². The lowest BCUT2D eigenvalue weighted by Crippen LogP contribution is -2.20. The van der Waals surface area contributed by atoms with E-state index in [-0.39, 0.29) is 0 Å². The molecule has 2 aromatic carbocycles. The van der Waals surface area contributed by atoms with Crippen LogP contribution in [0.4, 0.5) is 0 Å². The molecular formula is C20H25N3. The molecule has 1 aromatic heterocycles. The van der Waals surface area contributed by atoms with Gasteiger partial charge in [-0.05, 0) is 47.2 Å². The second-order valence-corrected chi connectivity index (χ2v) is 7.32. The van der Waals surface area contributed by atoms with Gasteiger partial charge in [0.15, 0.2) is 0 Å². The van der Waals surface area contributed by atoms with E-state index in [1.54, 1.807) is 6.33 Å². The highest BCUT2D eigenvalue weighted by Gasteiger charge is 2.08. The van der Waals surface area contributed by atoms with E-state index >= 15 is 0 Å². The SMILES string of the molecule is CC(C)(C)CCNCc1ccc(-c2ccc3nc[nH]c3c2)cc1. The number of imidazole rings is 1. The van der Waals surface area contributed by atoms with Crippen LogP contribution in [0.1, 0.15) is 32.8 Å².